The summed E-state index contributed by atoms with van der Waals surface area (Å²) >= 11 is 2.05. The van der Waals surface area contributed by atoms with Crippen molar-refractivity contribution in [3.05, 3.63) is 35.4 Å². The molecule has 2 rings (SSSR count). The van der Waals surface area contributed by atoms with Gasteiger partial charge in [0.05, 0.1) is 0 Å². The van der Waals surface area contributed by atoms with E-state index in [9.17, 15) is 0 Å². The molecule has 2 unspecified atom stereocenters. The summed E-state index contributed by atoms with van der Waals surface area (Å²) in [4.78, 5) is 0. The van der Waals surface area contributed by atoms with Crippen LogP contribution >= 0.6 is 11.8 Å². The summed E-state index contributed by atoms with van der Waals surface area (Å²) in [6.07, 6.45) is 5.33. The average molecular weight is 263 g/mol. The van der Waals surface area contributed by atoms with Crippen molar-refractivity contribution in [3.63, 3.8) is 0 Å². The quantitative estimate of drug-likeness (QED) is 0.757. The van der Waals surface area contributed by atoms with Crippen LogP contribution in [0.1, 0.15) is 56.7 Å². The van der Waals surface area contributed by atoms with Crippen molar-refractivity contribution in [1.82, 2.24) is 5.32 Å². The smallest absolute Gasteiger partial charge is 0.0417 e. The summed E-state index contributed by atoms with van der Waals surface area (Å²) in [6, 6.07) is 10.1. The predicted molar refractivity (Wildman–Crippen MR) is 82.1 cm³/mol. The molecule has 2 heteroatoms. The molecule has 0 saturated heterocycles. The molecular weight excluding hydrogens is 238 g/mol. The van der Waals surface area contributed by atoms with Gasteiger partial charge in [-0.2, -0.15) is 11.8 Å². The largest absolute Gasteiger partial charge is 0.307 e. The molecule has 100 valence electrons. The summed E-state index contributed by atoms with van der Waals surface area (Å²) in [6.45, 7) is 4.60. The highest BCUT2D eigenvalue weighted by Gasteiger charge is 2.20. The third-order valence-electron chi connectivity index (χ3n) is 3.70. The zero-order valence-electron chi connectivity index (χ0n) is 11.6. The van der Waals surface area contributed by atoms with E-state index in [-0.39, 0.29) is 0 Å². The Morgan fingerprint density at radius 2 is 2.17 bits per heavy atom. The van der Waals surface area contributed by atoms with Gasteiger partial charge in [0.1, 0.15) is 0 Å². The summed E-state index contributed by atoms with van der Waals surface area (Å²) < 4.78 is 0. The number of benzene rings is 1. The first-order chi connectivity index (χ1) is 8.81. The topological polar surface area (TPSA) is 12.0 Å². The third-order valence-corrected chi connectivity index (χ3v) is 4.78. The number of fused-ring (bicyclic) bond motifs is 1. The van der Waals surface area contributed by atoms with Crippen LogP contribution in [0.4, 0.5) is 0 Å². The molecule has 2 atom stereocenters. The van der Waals surface area contributed by atoms with E-state index in [0.29, 0.717) is 12.1 Å². The molecule has 1 aliphatic heterocycles. The summed E-state index contributed by atoms with van der Waals surface area (Å²) in [5.41, 5.74) is 3.05. The summed E-state index contributed by atoms with van der Waals surface area (Å²) in [7, 11) is 0. The van der Waals surface area contributed by atoms with Crippen LogP contribution in [-0.2, 0) is 5.75 Å². The molecule has 0 fully saturated rings. The van der Waals surface area contributed by atoms with E-state index in [1.165, 1.54) is 48.3 Å². The van der Waals surface area contributed by atoms with Gasteiger partial charge < -0.3 is 5.32 Å². The maximum atomic E-state index is 3.81. The summed E-state index contributed by atoms with van der Waals surface area (Å²) in [5, 5.41) is 3.81. The minimum absolute atomic E-state index is 0.552. The van der Waals surface area contributed by atoms with Gasteiger partial charge in [-0.3, -0.25) is 0 Å². The highest BCUT2D eigenvalue weighted by atomic mass is 32.2. The molecule has 0 radical (unpaired) electrons. The lowest BCUT2D eigenvalue weighted by Crippen LogP contribution is -2.33. The van der Waals surface area contributed by atoms with Crippen LogP contribution in [0, 0.1) is 0 Å². The van der Waals surface area contributed by atoms with Crippen molar-refractivity contribution in [2.24, 2.45) is 0 Å². The zero-order valence-corrected chi connectivity index (χ0v) is 12.4. The van der Waals surface area contributed by atoms with Crippen LogP contribution in [0.15, 0.2) is 24.3 Å². The van der Waals surface area contributed by atoms with Crippen LogP contribution in [0.2, 0.25) is 0 Å². The van der Waals surface area contributed by atoms with Gasteiger partial charge in [-0.25, -0.2) is 0 Å². The van der Waals surface area contributed by atoms with Crippen LogP contribution in [-0.4, -0.2) is 11.8 Å². The Hall–Kier alpha value is -0.470. The molecule has 1 aromatic rings. The third kappa shape index (κ3) is 3.76. The standard InChI is InChI=1S/C16H25NS/c1-3-4-5-8-13(2)17-16-12-18-11-14-9-6-7-10-15(14)16/h6-7,9-10,13,16-17H,3-5,8,11-12H2,1-2H3. The fraction of sp³-hybridized carbons (Fsp3) is 0.625. The van der Waals surface area contributed by atoms with E-state index in [1.54, 1.807) is 0 Å². The Kier molecular flexibility index (Phi) is 5.58. The van der Waals surface area contributed by atoms with Crippen LogP contribution in [0.25, 0.3) is 0 Å². The van der Waals surface area contributed by atoms with Crippen molar-refractivity contribution in [1.29, 1.82) is 0 Å². The molecule has 0 spiro atoms. The Labute approximate surface area is 116 Å². The van der Waals surface area contributed by atoms with Crippen molar-refractivity contribution in [2.75, 3.05) is 5.75 Å². The van der Waals surface area contributed by atoms with Gasteiger partial charge in [0, 0.05) is 23.6 Å². The van der Waals surface area contributed by atoms with Gasteiger partial charge in [0.25, 0.3) is 0 Å². The molecule has 1 N–H and O–H groups in total. The van der Waals surface area contributed by atoms with Gasteiger partial charge >= 0.3 is 0 Å². The van der Waals surface area contributed by atoms with Crippen LogP contribution in [0.3, 0.4) is 0 Å². The fourth-order valence-electron chi connectivity index (χ4n) is 2.65. The molecule has 0 bridgehead atoms. The molecule has 18 heavy (non-hydrogen) atoms. The Morgan fingerprint density at radius 1 is 1.33 bits per heavy atom. The minimum Gasteiger partial charge on any atom is -0.307 e. The normalized spacial score (nSPS) is 20.4. The molecule has 1 aromatic carbocycles. The lowest BCUT2D eigenvalue weighted by atomic mass is 10.0. The fourth-order valence-corrected chi connectivity index (χ4v) is 3.76. The van der Waals surface area contributed by atoms with Gasteiger partial charge in [0.15, 0.2) is 0 Å². The molecule has 0 amide bonds. The molecule has 0 aliphatic carbocycles. The first kappa shape index (κ1) is 14.0. The van der Waals surface area contributed by atoms with Crippen molar-refractivity contribution in [2.45, 2.75) is 57.4 Å². The molecule has 1 nitrogen and oxygen atoms in total. The predicted octanol–water partition coefficient (Wildman–Crippen LogP) is 4.53. The first-order valence-corrected chi connectivity index (χ1v) is 8.38. The second-order valence-electron chi connectivity index (χ2n) is 5.33. The number of thioether (sulfide) groups is 1. The Morgan fingerprint density at radius 3 is 3.00 bits per heavy atom. The van der Waals surface area contributed by atoms with E-state index in [0.717, 1.165) is 0 Å². The van der Waals surface area contributed by atoms with Gasteiger partial charge in [-0.1, -0.05) is 50.5 Å². The lowest BCUT2D eigenvalue weighted by Gasteiger charge is -2.29. The number of unbranched alkanes of at least 4 members (excludes halogenated alkanes) is 2. The van der Waals surface area contributed by atoms with E-state index in [2.05, 4.69) is 55.2 Å². The molecule has 1 aliphatic rings. The second kappa shape index (κ2) is 7.20. The lowest BCUT2D eigenvalue weighted by molar-refractivity contribution is 0.441. The monoisotopic (exact) mass is 263 g/mol. The van der Waals surface area contributed by atoms with Crippen molar-refractivity contribution in [3.8, 4) is 0 Å². The Balaban J connectivity index is 1.90. The highest BCUT2D eigenvalue weighted by Crippen LogP contribution is 2.31. The number of hydrogen-bond acceptors (Lipinski definition) is 2. The first-order valence-electron chi connectivity index (χ1n) is 7.23. The zero-order chi connectivity index (χ0) is 12.8. The number of nitrogens with one attached hydrogen (secondary N) is 1. The van der Waals surface area contributed by atoms with E-state index in [4.69, 9.17) is 0 Å². The average Bonchev–Trinajstić information content (AvgIpc) is 2.39. The molecule has 1 heterocycles. The highest BCUT2D eigenvalue weighted by molar-refractivity contribution is 7.98. The maximum absolute atomic E-state index is 3.81. The SMILES string of the molecule is CCCCCC(C)NC1CSCc2ccccc21. The minimum atomic E-state index is 0.552. The maximum Gasteiger partial charge on any atom is 0.0417 e. The molecule has 0 aromatic heterocycles. The van der Waals surface area contributed by atoms with Gasteiger partial charge in [-0.05, 0) is 24.5 Å². The van der Waals surface area contributed by atoms with E-state index >= 15 is 0 Å². The van der Waals surface area contributed by atoms with E-state index in [1.807, 2.05) is 0 Å². The number of rotatable bonds is 6. The van der Waals surface area contributed by atoms with Gasteiger partial charge in [0.2, 0.25) is 0 Å². The molecule has 0 saturated carbocycles. The van der Waals surface area contributed by atoms with Crippen molar-refractivity contribution < 1.29 is 0 Å². The van der Waals surface area contributed by atoms with Crippen LogP contribution in [0.5, 0.6) is 0 Å². The van der Waals surface area contributed by atoms with Gasteiger partial charge in [-0.15, -0.1) is 0 Å². The van der Waals surface area contributed by atoms with E-state index < -0.39 is 0 Å². The summed E-state index contributed by atoms with van der Waals surface area (Å²) in [5.74, 6) is 2.40. The molecular formula is C16H25NS. The Bertz CT molecular complexity index is 364. The number of hydrogen-bond donors (Lipinski definition) is 1. The van der Waals surface area contributed by atoms with Crippen LogP contribution < -0.4 is 5.32 Å². The van der Waals surface area contributed by atoms with Crippen molar-refractivity contribution >= 4 is 11.8 Å². The second-order valence-corrected chi connectivity index (χ2v) is 6.36.